The molecule has 0 radical (unpaired) electrons. The summed E-state index contributed by atoms with van der Waals surface area (Å²) >= 11 is 0. The van der Waals surface area contributed by atoms with Gasteiger partial charge in [0.25, 0.3) is 5.91 Å². The highest BCUT2D eigenvalue weighted by molar-refractivity contribution is 6.07. The Morgan fingerprint density at radius 3 is 2.55 bits per heavy atom. The lowest BCUT2D eigenvalue weighted by Gasteiger charge is -2.17. The van der Waals surface area contributed by atoms with Crippen molar-refractivity contribution in [2.45, 2.75) is 12.5 Å². The summed E-state index contributed by atoms with van der Waals surface area (Å²) in [5.74, 6) is -0.815. The molecule has 0 fully saturated rings. The summed E-state index contributed by atoms with van der Waals surface area (Å²) in [4.78, 5) is 29.6. The number of rotatable bonds is 5. The smallest absolute Gasteiger partial charge is 0.328 e. The monoisotopic (exact) mass is 384 g/mol. The van der Waals surface area contributed by atoms with E-state index in [2.05, 4.69) is 10.3 Å². The van der Waals surface area contributed by atoms with Crippen LogP contribution in [0.25, 0.3) is 21.7 Å². The molecular formula is C24H20N2O3. The molecule has 0 aliphatic carbocycles. The second-order valence-electron chi connectivity index (χ2n) is 6.81. The van der Waals surface area contributed by atoms with Crippen molar-refractivity contribution in [3.8, 4) is 0 Å². The number of carbonyl (C=O) groups is 2. The number of hydrogen-bond acceptors (Lipinski definition) is 4. The van der Waals surface area contributed by atoms with Crippen LogP contribution in [-0.2, 0) is 16.0 Å². The molecule has 1 aromatic heterocycles. The van der Waals surface area contributed by atoms with Gasteiger partial charge in [-0.1, -0.05) is 60.7 Å². The quantitative estimate of drug-likeness (QED) is 0.530. The van der Waals surface area contributed by atoms with E-state index in [4.69, 9.17) is 4.74 Å². The molecule has 0 unspecified atom stereocenters. The van der Waals surface area contributed by atoms with Crippen LogP contribution in [0.1, 0.15) is 15.9 Å². The Labute approximate surface area is 168 Å². The molecule has 0 saturated heterocycles. The Balaban J connectivity index is 1.61. The Morgan fingerprint density at radius 2 is 1.72 bits per heavy atom. The molecule has 5 heteroatoms. The van der Waals surface area contributed by atoms with Crippen molar-refractivity contribution < 1.29 is 14.3 Å². The summed E-state index contributed by atoms with van der Waals surface area (Å²) < 4.78 is 4.93. The number of nitrogens with one attached hydrogen (secondary N) is 1. The first kappa shape index (κ1) is 18.6. The fraction of sp³-hybridized carbons (Fsp3) is 0.125. The fourth-order valence-electron chi connectivity index (χ4n) is 3.47. The maximum Gasteiger partial charge on any atom is 0.328 e. The molecule has 144 valence electrons. The van der Waals surface area contributed by atoms with Crippen LogP contribution in [0.3, 0.4) is 0 Å². The van der Waals surface area contributed by atoms with Crippen LogP contribution in [0.5, 0.6) is 0 Å². The van der Waals surface area contributed by atoms with Crippen LogP contribution < -0.4 is 5.32 Å². The van der Waals surface area contributed by atoms with Crippen molar-refractivity contribution in [1.29, 1.82) is 0 Å². The minimum atomic E-state index is -0.791. The van der Waals surface area contributed by atoms with E-state index >= 15 is 0 Å². The number of esters is 1. The van der Waals surface area contributed by atoms with Gasteiger partial charge in [-0.3, -0.25) is 9.78 Å². The zero-order valence-corrected chi connectivity index (χ0v) is 16.0. The van der Waals surface area contributed by atoms with Crippen LogP contribution >= 0.6 is 0 Å². The lowest BCUT2D eigenvalue weighted by molar-refractivity contribution is -0.142. The van der Waals surface area contributed by atoms with E-state index in [0.717, 1.165) is 27.2 Å². The average molecular weight is 384 g/mol. The molecule has 1 amide bonds. The normalized spacial score (nSPS) is 11.9. The van der Waals surface area contributed by atoms with Gasteiger partial charge in [-0.25, -0.2) is 4.79 Å². The maximum atomic E-state index is 12.9. The first-order chi connectivity index (χ1) is 14.2. The van der Waals surface area contributed by atoms with E-state index in [9.17, 15) is 9.59 Å². The Bertz CT molecular complexity index is 1200. The molecule has 0 bridgehead atoms. The van der Waals surface area contributed by atoms with Gasteiger partial charge in [-0.05, 0) is 28.5 Å². The van der Waals surface area contributed by atoms with Gasteiger partial charge in [0.2, 0.25) is 0 Å². The van der Waals surface area contributed by atoms with Gasteiger partial charge in [0.15, 0.2) is 0 Å². The van der Waals surface area contributed by atoms with E-state index in [0.29, 0.717) is 12.0 Å². The Kier molecular flexibility index (Phi) is 5.20. The molecular weight excluding hydrogens is 364 g/mol. The lowest BCUT2D eigenvalue weighted by atomic mass is 10.0. The molecule has 1 N–H and O–H groups in total. The number of para-hydroxylation sites is 1. The van der Waals surface area contributed by atoms with Gasteiger partial charge in [0.05, 0.1) is 18.2 Å². The summed E-state index contributed by atoms with van der Waals surface area (Å²) in [7, 11) is 1.32. The molecule has 4 aromatic rings. The van der Waals surface area contributed by atoms with Crippen LogP contribution in [0.2, 0.25) is 0 Å². The summed E-state index contributed by atoms with van der Waals surface area (Å²) in [6.07, 6.45) is 1.93. The summed E-state index contributed by atoms with van der Waals surface area (Å²) in [6.45, 7) is 0. The van der Waals surface area contributed by atoms with E-state index in [-0.39, 0.29) is 5.91 Å². The minimum absolute atomic E-state index is 0.334. The zero-order valence-electron chi connectivity index (χ0n) is 16.0. The molecule has 4 rings (SSSR count). The fourth-order valence-corrected chi connectivity index (χ4v) is 3.47. The predicted molar refractivity (Wildman–Crippen MR) is 113 cm³/mol. The lowest BCUT2D eigenvalue weighted by Crippen LogP contribution is -2.43. The molecule has 0 saturated carbocycles. The molecule has 0 aliphatic heterocycles. The van der Waals surface area contributed by atoms with Gasteiger partial charge in [0, 0.05) is 18.0 Å². The summed E-state index contributed by atoms with van der Waals surface area (Å²) in [5.41, 5.74) is 2.14. The van der Waals surface area contributed by atoms with E-state index < -0.39 is 12.0 Å². The number of nitrogens with zero attached hydrogens (tertiary/aromatic N) is 1. The first-order valence-corrected chi connectivity index (χ1v) is 9.36. The van der Waals surface area contributed by atoms with Gasteiger partial charge in [0.1, 0.15) is 6.04 Å². The van der Waals surface area contributed by atoms with E-state index in [1.807, 2.05) is 66.7 Å². The molecule has 0 aliphatic rings. The number of carbonyl (C=O) groups excluding carboxylic acids is 2. The standard InChI is InChI=1S/C24H20N2O3/c1-29-24(28)22(15-16-10-11-17-6-2-3-7-18(17)14-16)26-23(27)20-12-13-25-21-9-5-4-8-19(20)21/h2-14,22H,15H2,1H3,(H,26,27)/t22-/m0/s1. The van der Waals surface area contributed by atoms with Crippen molar-refractivity contribution in [2.75, 3.05) is 7.11 Å². The summed E-state index contributed by atoms with van der Waals surface area (Å²) in [6, 6.07) is 22.3. The van der Waals surface area contributed by atoms with Crippen LogP contribution in [0, 0.1) is 0 Å². The Morgan fingerprint density at radius 1 is 0.966 bits per heavy atom. The maximum absolute atomic E-state index is 12.9. The number of aromatic nitrogens is 1. The van der Waals surface area contributed by atoms with Crippen LogP contribution in [0.4, 0.5) is 0 Å². The minimum Gasteiger partial charge on any atom is -0.467 e. The zero-order chi connectivity index (χ0) is 20.2. The molecule has 29 heavy (non-hydrogen) atoms. The van der Waals surface area contributed by atoms with Crippen molar-refractivity contribution >= 4 is 33.6 Å². The average Bonchev–Trinajstić information content (AvgIpc) is 2.77. The third kappa shape index (κ3) is 3.94. The highest BCUT2D eigenvalue weighted by Crippen LogP contribution is 2.19. The van der Waals surface area contributed by atoms with Gasteiger partial charge in [-0.15, -0.1) is 0 Å². The van der Waals surface area contributed by atoms with E-state index in [1.54, 1.807) is 12.3 Å². The van der Waals surface area contributed by atoms with Crippen molar-refractivity contribution in [1.82, 2.24) is 10.3 Å². The first-order valence-electron chi connectivity index (χ1n) is 9.36. The number of methoxy groups -OCH3 is 1. The molecule has 5 nitrogen and oxygen atoms in total. The van der Waals surface area contributed by atoms with E-state index in [1.165, 1.54) is 7.11 Å². The number of fused-ring (bicyclic) bond motifs is 2. The van der Waals surface area contributed by atoms with Crippen LogP contribution in [-0.4, -0.2) is 30.0 Å². The number of benzene rings is 3. The topological polar surface area (TPSA) is 68.3 Å². The highest BCUT2D eigenvalue weighted by Gasteiger charge is 2.23. The molecule has 0 spiro atoms. The SMILES string of the molecule is COC(=O)[C@H](Cc1ccc2ccccc2c1)NC(=O)c1ccnc2ccccc12. The van der Waals surface area contributed by atoms with Gasteiger partial charge < -0.3 is 10.1 Å². The second kappa shape index (κ2) is 8.10. The van der Waals surface area contributed by atoms with Crippen molar-refractivity contribution in [2.24, 2.45) is 0 Å². The summed E-state index contributed by atoms with van der Waals surface area (Å²) in [5, 5.41) is 5.78. The Hall–Kier alpha value is -3.73. The van der Waals surface area contributed by atoms with Crippen molar-refractivity contribution in [3.63, 3.8) is 0 Å². The number of ether oxygens (including phenoxy) is 1. The molecule has 3 aromatic carbocycles. The largest absolute Gasteiger partial charge is 0.467 e. The van der Waals surface area contributed by atoms with Crippen LogP contribution in [0.15, 0.2) is 79.0 Å². The third-order valence-electron chi connectivity index (χ3n) is 4.94. The van der Waals surface area contributed by atoms with Gasteiger partial charge in [-0.2, -0.15) is 0 Å². The third-order valence-corrected chi connectivity index (χ3v) is 4.94. The van der Waals surface area contributed by atoms with Gasteiger partial charge >= 0.3 is 5.97 Å². The molecule has 1 heterocycles. The highest BCUT2D eigenvalue weighted by atomic mass is 16.5. The molecule has 1 atom stereocenters. The second-order valence-corrected chi connectivity index (χ2v) is 6.81. The number of amides is 1. The van der Waals surface area contributed by atoms with Crippen molar-refractivity contribution in [3.05, 3.63) is 90.1 Å². The predicted octanol–water partition coefficient (Wildman–Crippen LogP) is 3.90. The number of hydrogen-bond donors (Lipinski definition) is 1. The number of pyridine rings is 1.